The van der Waals surface area contributed by atoms with Crippen LogP contribution < -0.4 is 0 Å². The first kappa shape index (κ1) is 11.0. The number of aryl methyl sites for hydroxylation is 3. The van der Waals surface area contributed by atoms with Crippen molar-refractivity contribution in [3.05, 3.63) is 34.4 Å². The van der Waals surface area contributed by atoms with Crippen LogP contribution in [0.5, 0.6) is 0 Å². The van der Waals surface area contributed by atoms with Gasteiger partial charge >= 0.3 is 0 Å². The maximum Gasteiger partial charge on any atom is 0.123 e. The van der Waals surface area contributed by atoms with E-state index in [0.29, 0.717) is 0 Å². The van der Waals surface area contributed by atoms with Gasteiger partial charge in [0.15, 0.2) is 0 Å². The predicted octanol–water partition coefficient (Wildman–Crippen LogP) is 2.99. The molecule has 1 aromatic rings. The van der Waals surface area contributed by atoms with Crippen molar-refractivity contribution < 1.29 is 4.79 Å². The van der Waals surface area contributed by atoms with Crippen LogP contribution in [-0.2, 0) is 11.2 Å². The molecule has 1 nitrogen and oxygen atoms in total. The van der Waals surface area contributed by atoms with Gasteiger partial charge in [0.25, 0.3) is 0 Å². The van der Waals surface area contributed by atoms with Crippen LogP contribution in [0, 0.1) is 26.7 Å². The minimum absolute atomic E-state index is 0.120. The quantitative estimate of drug-likeness (QED) is 0.670. The lowest BCUT2D eigenvalue weighted by atomic mass is 9.93. The summed E-state index contributed by atoms with van der Waals surface area (Å²) in [6.45, 7) is 8.30. The third kappa shape index (κ3) is 2.44. The fraction of sp³-hybridized carbons (Fsp3) is 0.462. The van der Waals surface area contributed by atoms with Crippen LogP contribution >= 0.6 is 0 Å². The average Bonchev–Trinajstić information content (AvgIpc) is 2.10. The van der Waals surface area contributed by atoms with Crippen molar-refractivity contribution in [2.75, 3.05) is 0 Å². The molecule has 0 heterocycles. The maximum absolute atomic E-state index is 10.6. The summed E-state index contributed by atoms with van der Waals surface area (Å²) in [5, 5.41) is 0. The summed E-state index contributed by atoms with van der Waals surface area (Å²) in [6.07, 6.45) is 1.89. The summed E-state index contributed by atoms with van der Waals surface area (Å²) in [7, 11) is 0. The minimum Gasteiger partial charge on any atom is -0.303 e. The van der Waals surface area contributed by atoms with E-state index in [1.54, 1.807) is 0 Å². The molecular formula is C13H18O. The van der Waals surface area contributed by atoms with Crippen LogP contribution in [0.25, 0.3) is 0 Å². The maximum atomic E-state index is 10.6. The molecule has 1 atom stereocenters. The van der Waals surface area contributed by atoms with Crippen LogP contribution in [0.2, 0.25) is 0 Å². The van der Waals surface area contributed by atoms with Crippen molar-refractivity contribution in [2.24, 2.45) is 5.92 Å². The lowest BCUT2D eigenvalue weighted by Crippen LogP contribution is -2.04. The zero-order valence-electron chi connectivity index (χ0n) is 9.42. The van der Waals surface area contributed by atoms with Gasteiger partial charge < -0.3 is 4.79 Å². The van der Waals surface area contributed by atoms with Crippen molar-refractivity contribution in [2.45, 2.75) is 34.1 Å². The number of aldehydes is 1. The molecule has 0 aromatic heterocycles. The predicted molar refractivity (Wildman–Crippen MR) is 59.6 cm³/mol. The molecule has 0 spiro atoms. The molecule has 0 radical (unpaired) electrons. The number of benzene rings is 1. The number of carbonyl (C=O) groups is 1. The summed E-state index contributed by atoms with van der Waals surface area (Å²) in [5.74, 6) is 0.120. The number of rotatable bonds is 3. The zero-order chi connectivity index (χ0) is 10.7. The molecule has 0 saturated carbocycles. The normalized spacial score (nSPS) is 12.6. The van der Waals surface area contributed by atoms with Gasteiger partial charge in [-0.15, -0.1) is 0 Å². The first-order chi connectivity index (χ1) is 6.54. The van der Waals surface area contributed by atoms with Gasteiger partial charge in [0, 0.05) is 5.92 Å². The summed E-state index contributed by atoms with van der Waals surface area (Å²) in [4.78, 5) is 10.6. The van der Waals surface area contributed by atoms with Gasteiger partial charge in [-0.25, -0.2) is 0 Å². The van der Waals surface area contributed by atoms with E-state index >= 15 is 0 Å². The average molecular weight is 190 g/mol. The van der Waals surface area contributed by atoms with Gasteiger partial charge in [0.2, 0.25) is 0 Å². The van der Waals surface area contributed by atoms with E-state index in [1.165, 1.54) is 22.3 Å². The molecule has 0 aliphatic heterocycles. The summed E-state index contributed by atoms with van der Waals surface area (Å²) >= 11 is 0. The Labute approximate surface area is 86.1 Å². The smallest absolute Gasteiger partial charge is 0.123 e. The molecule has 0 N–H and O–H groups in total. The highest BCUT2D eigenvalue weighted by atomic mass is 16.1. The highest BCUT2D eigenvalue weighted by Crippen LogP contribution is 2.19. The Hall–Kier alpha value is -1.11. The first-order valence-corrected chi connectivity index (χ1v) is 5.06. The number of carbonyl (C=O) groups excluding carboxylic acids is 1. The lowest BCUT2D eigenvalue weighted by Gasteiger charge is -2.12. The largest absolute Gasteiger partial charge is 0.303 e. The molecule has 1 rings (SSSR count). The highest BCUT2D eigenvalue weighted by molar-refractivity contribution is 5.54. The van der Waals surface area contributed by atoms with Crippen LogP contribution in [0.15, 0.2) is 12.1 Å². The van der Waals surface area contributed by atoms with E-state index in [-0.39, 0.29) is 5.92 Å². The fourth-order valence-corrected chi connectivity index (χ4v) is 1.90. The fourth-order valence-electron chi connectivity index (χ4n) is 1.90. The van der Waals surface area contributed by atoms with Crippen molar-refractivity contribution in [1.82, 2.24) is 0 Å². The minimum atomic E-state index is 0.120. The van der Waals surface area contributed by atoms with Crippen LogP contribution in [0.1, 0.15) is 29.2 Å². The molecule has 0 saturated heterocycles. The molecule has 14 heavy (non-hydrogen) atoms. The van der Waals surface area contributed by atoms with E-state index in [4.69, 9.17) is 0 Å². The molecule has 1 aromatic carbocycles. The molecule has 1 unspecified atom stereocenters. The second-order valence-electron chi connectivity index (χ2n) is 4.19. The van der Waals surface area contributed by atoms with E-state index in [1.807, 2.05) is 6.92 Å². The molecule has 1 heteroatoms. The molecule has 0 aliphatic carbocycles. The Balaban J connectivity index is 3.02. The molecular weight excluding hydrogens is 172 g/mol. The second-order valence-corrected chi connectivity index (χ2v) is 4.19. The first-order valence-electron chi connectivity index (χ1n) is 5.06. The van der Waals surface area contributed by atoms with Crippen LogP contribution in [0.4, 0.5) is 0 Å². The van der Waals surface area contributed by atoms with Crippen LogP contribution in [-0.4, -0.2) is 6.29 Å². The molecule has 76 valence electrons. The third-order valence-electron chi connectivity index (χ3n) is 2.60. The van der Waals surface area contributed by atoms with E-state index < -0.39 is 0 Å². The van der Waals surface area contributed by atoms with Gasteiger partial charge in [-0.2, -0.15) is 0 Å². The van der Waals surface area contributed by atoms with Crippen molar-refractivity contribution in [3.63, 3.8) is 0 Å². The number of hydrogen-bond donors (Lipinski definition) is 0. The van der Waals surface area contributed by atoms with Gasteiger partial charge in [-0.3, -0.25) is 0 Å². The highest BCUT2D eigenvalue weighted by Gasteiger charge is 2.07. The topological polar surface area (TPSA) is 17.1 Å². The van der Waals surface area contributed by atoms with Crippen molar-refractivity contribution in [1.29, 1.82) is 0 Å². The van der Waals surface area contributed by atoms with E-state index in [2.05, 4.69) is 32.9 Å². The Morgan fingerprint density at radius 3 is 2.14 bits per heavy atom. The number of hydrogen-bond acceptors (Lipinski definition) is 1. The van der Waals surface area contributed by atoms with Gasteiger partial charge in [0.05, 0.1) is 0 Å². The molecule has 0 amide bonds. The van der Waals surface area contributed by atoms with E-state index in [0.717, 1.165) is 12.7 Å². The monoisotopic (exact) mass is 190 g/mol. The summed E-state index contributed by atoms with van der Waals surface area (Å²) in [5.41, 5.74) is 5.23. The standard InChI is InChI=1S/C13H18O/c1-9-5-11(3)13(12(4)6-9)7-10(2)8-14/h5-6,8,10H,7H2,1-4H3. The molecule has 0 fully saturated rings. The Bertz CT molecular complexity index is 316. The Morgan fingerprint density at radius 1 is 1.21 bits per heavy atom. The molecule has 0 aliphatic rings. The van der Waals surface area contributed by atoms with Gasteiger partial charge in [-0.05, 0) is 43.9 Å². The molecule has 0 bridgehead atoms. The van der Waals surface area contributed by atoms with Gasteiger partial charge in [0.1, 0.15) is 6.29 Å². The summed E-state index contributed by atoms with van der Waals surface area (Å²) in [6, 6.07) is 4.36. The van der Waals surface area contributed by atoms with E-state index in [9.17, 15) is 4.79 Å². The zero-order valence-corrected chi connectivity index (χ0v) is 9.42. The lowest BCUT2D eigenvalue weighted by molar-refractivity contribution is -0.110. The van der Waals surface area contributed by atoms with Crippen molar-refractivity contribution >= 4 is 6.29 Å². The van der Waals surface area contributed by atoms with Gasteiger partial charge in [-0.1, -0.05) is 24.6 Å². The second kappa shape index (κ2) is 4.41. The third-order valence-corrected chi connectivity index (χ3v) is 2.60. The summed E-state index contributed by atoms with van der Waals surface area (Å²) < 4.78 is 0. The van der Waals surface area contributed by atoms with Crippen LogP contribution in [0.3, 0.4) is 0 Å². The Kier molecular flexibility index (Phi) is 3.45. The SMILES string of the molecule is Cc1cc(C)c(CC(C)C=O)c(C)c1. The Morgan fingerprint density at radius 2 is 1.71 bits per heavy atom. The van der Waals surface area contributed by atoms with Crippen molar-refractivity contribution in [3.8, 4) is 0 Å².